The Kier molecular flexibility index (Phi) is 6.12. The van der Waals surface area contributed by atoms with E-state index >= 15 is 0 Å². The van der Waals surface area contributed by atoms with Crippen molar-refractivity contribution in [2.75, 3.05) is 26.2 Å². The molecule has 0 radical (unpaired) electrons. The maximum Gasteiger partial charge on any atom is 0.255 e. The molecule has 5 nitrogen and oxygen atoms in total. The molecule has 0 N–H and O–H groups in total. The first-order valence-corrected chi connectivity index (χ1v) is 10.9. The molecule has 1 fully saturated rings. The van der Waals surface area contributed by atoms with Gasteiger partial charge in [-0.15, -0.1) is 0 Å². The molecule has 2 aromatic carbocycles. The summed E-state index contributed by atoms with van der Waals surface area (Å²) in [7, 11) is -3.88. The summed E-state index contributed by atoms with van der Waals surface area (Å²) in [5, 5.41) is 0.104. The molecule has 3 rings (SSSR count). The number of sulfonamides is 1. The molecule has 0 bridgehead atoms. The van der Waals surface area contributed by atoms with Crippen LogP contribution in [-0.4, -0.2) is 49.7 Å². The van der Waals surface area contributed by atoms with Gasteiger partial charge in [-0.3, -0.25) is 4.79 Å². The minimum Gasteiger partial charge on any atom is -0.336 e. The van der Waals surface area contributed by atoms with Gasteiger partial charge < -0.3 is 4.90 Å². The first-order valence-electron chi connectivity index (χ1n) is 7.90. The van der Waals surface area contributed by atoms with Crippen LogP contribution in [0.3, 0.4) is 0 Å². The molecule has 0 aromatic heterocycles. The second-order valence-electron chi connectivity index (χ2n) is 5.87. The lowest BCUT2D eigenvalue weighted by Crippen LogP contribution is -2.50. The van der Waals surface area contributed by atoms with Crippen LogP contribution in [0.15, 0.2) is 45.8 Å². The summed E-state index contributed by atoms with van der Waals surface area (Å²) in [5.41, 5.74) is 0.321. The molecule has 144 valence electrons. The van der Waals surface area contributed by atoms with Crippen LogP contribution in [0.5, 0.6) is 0 Å². The summed E-state index contributed by atoms with van der Waals surface area (Å²) in [6.45, 7) is 0.608. The number of hydrogen-bond acceptors (Lipinski definition) is 3. The van der Waals surface area contributed by atoms with Gasteiger partial charge in [0.25, 0.3) is 5.91 Å². The van der Waals surface area contributed by atoms with Gasteiger partial charge in [0.1, 0.15) is 10.7 Å². The van der Waals surface area contributed by atoms with E-state index in [0.29, 0.717) is 10.0 Å². The molecule has 0 unspecified atom stereocenters. The van der Waals surface area contributed by atoms with E-state index in [4.69, 9.17) is 23.2 Å². The first kappa shape index (κ1) is 20.5. The fraction of sp³-hybridized carbons (Fsp3) is 0.235. The summed E-state index contributed by atoms with van der Waals surface area (Å²) in [5.74, 6) is -0.749. The summed E-state index contributed by atoms with van der Waals surface area (Å²) in [6.07, 6.45) is 0. The lowest BCUT2D eigenvalue weighted by Gasteiger charge is -2.34. The second-order valence-corrected chi connectivity index (χ2v) is 9.41. The van der Waals surface area contributed by atoms with Gasteiger partial charge in [0.15, 0.2) is 0 Å². The second kappa shape index (κ2) is 8.05. The lowest BCUT2D eigenvalue weighted by molar-refractivity contribution is 0.0697. The zero-order valence-corrected chi connectivity index (χ0v) is 17.7. The molecule has 2 aromatic rings. The molecule has 0 atom stereocenters. The third-order valence-corrected chi connectivity index (χ3v) is 7.72. The third kappa shape index (κ3) is 4.14. The van der Waals surface area contributed by atoms with Gasteiger partial charge in [-0.1, -0.05) is 29.3 Å². The molecule has 1 aliphatic rings. The summed E-state index contributed by atoms with van der Waals surface area (Å²) < 4.78 is 40.6. The highest BCUT2D eigenvalue weighted by Gasteiger charge is 2.33. The highest BCUT2D eigenvalue weighted by atomic mass is 79.9. The molecular weight excluding hydrogens is 482 g/mol. The van der Waals surface area contributed by atoms with Crippen LogP contribution < -0.4 is 0 Å². The molecule has 10 heteroatoms. The van der Waals surface area contributed by atoms with Crippen LogP contribution in [0, 0.1) is 5.82 Å². The van der Waals surface area contributed by atoms with Gasteiger partial charge in [-0.2, -0.15) is 4.31 Å². The van der Waals surface area contributed by atoms with Crippen molar-refractivity contribution in [3.05, 3.63) is 62.3 Å². The monoisotopic (exact) mass is 494 g/mol. The van der Waals surface area contributed by atoms with Crippen molar-refractivity contribution >= 4 is 55.1 Å². The van der Waals surface area contributed by atoms with Crippen molar-refractivity contribution in [3.63, 3.8) is 0 Å². The zero-order valence-electron chi connectivity index (χ0n) is 13.8. The molecule has 27 heavy (non-hydrogen) atoms. The van der Waals surface area contributed by atoms with E-state index in [1.807, 2.05) is 0 Å². The predicted octanol–water partition coefficient (Wildman–Crippen LogP) is 4.04. The van der Waals surface area contributed by atoms with E-state index in [1.165, 1.54) is 39.5 Å². The van der Waals surface area contributed by atoms with Crippen molar-refractivity contribution in [2.45, 2.75) is 4.90 Å². The number of carbonyl (C=O) groups is 1. The molecule has 1 saturated heterocycles. The number of benzene rings is 2. The third-order valence-electron chi connectivity index (χ3n) is 4.20. The molecule has 0 saturated carbocycles. The standard InChI is InChI=1S/C17H14BrCl2FN2O3S/c18-13-10-11(21)4-5-12(13)17(24)22-6-8-23(9-7-22)27(25,26)16-14(19)2-1-3-15(16)20/h1-5,10H,6-9H2. The fourth-order valence-corrected chi connectivity index (χ4v) is 5.86. The largest absolute Gasteiger partial charge is 0.336 e. The highest BCUT2D eigenvalue weighted by molar-refractivity contribution is 9.10. The van der Waals surface area contributed by atoms with Gasteiger partial charge in [0.2, 0.25) is 10.0 Å². The van der Waals surface area contributed by atoms with Gasteiger partial charge in [-0.05, 0) is 46.3 Å². The van der Waals surface area contributed by atoms with Crippen molar-refractivity contribution in [1.82, 2.24) is 9.21 Å². The minimum absolute atomic E-state index is 0.0521. The number of hydrogen-bond donors (Lipinski definition) is 0. The molecule has 1 aliphatic heterocycles. The molecule has 1 heterocycles. The van der Waals surface area contributed by atoms with Crippen molar-refractivity contribution in [3.8, 4) is 0 Å². The minimum atomic E-state index is -3.88. The number of halogens is 4. The smallest absolute Gasteiger partial charge is 0.255 e. The molecule has 0 spiro atoms. The highest BCUT2D eigenvalue weighted by Crippen LogP contribution is 2.32. The number of nitrogens with zero attached hydrogens (tertiary/aromatic N) is 2. The zero-order chi connectivity index (χ0) is 19.8. The number of carbonyl (C=O) groups excluding carboxylic acids is 1. The maximum atomic E-state index is 13.2. The fourth-order valence-electron chi connectivity index (χ4n) is 2.82. The maximum absolute atomic E-state index is 13.2. The van der Waals surface area contributed by atoms with Crippen molar-refractivity contribution in [1.29, 1.82) is 0 Å². The lowest BCUT2D eigenvalue weighted by atomic mass is 10.2. The summed E-state index contributed by atoms with van der Waals surface area (Å²) in [6, 6.07) is 8.32. The Bertz CT molecular complexity index is 975. The van der Waals surface area contributed by atoms with Gasteiger partial charge in [-0.25, -0.2) is 12.8 Å². The van der Waals surface area contributed by atoms with Gasteiger partial charge >= 0.3 is 0 Å². The van der Waals surface area contributed by atoms with Crippen molar-refractivity contribution < 1.29 is 17.6 Å². The van der Waals surface area contributed by atoms with Crippen LogP contribution in [0.25, 0.3) is 0 Å². The van der Waals surface area contributed by atoms with Gasteiger partial charge in [0, 0.05) is 30.7 Å². The Hall–Kier alpha value is -1.19. The van der Waals surface area contributed by atoms with E-state index in [-0.39, 0.29) is 47.0 Å². The van der Waals surface area contributed by atoms with E-state index in [0.717, 1.165) is 0 Å². The SMILES string of the molecule is O=C(c1ccc(F)cc1Br)N1CCN(S(=O)(=O)c2c(Cl)cccc2Cl)CC1. The average molecular weight is 496 g/mol. The predicted molar refractivity (Wildman–Crippen MR) is 105 cm³/mol. The quantitative estimate of drug-likeness (QED) is 0.645. The van der Waals surface area contributed by atoms with Crippen LogP contribution in [0.4, 0.5) is 4.39 Å². The Morgan fingerprint density at radius 1 is 1.04 bits per heavy atom. The Morgan fingerprint density at radius 3 is 2.19 bits per heavy atom. The molecular formula is C17H14BrCl2FN2O3S. The summed E-state index contributed by atoms with van der Waals surface area (Å²) in [4.78, 5) is 14.0. The van der Waals surface area contributed by atoms with Crippen LogP contribution in [0.2, 0.25) is 10.0 Å². The summed E-state index contributed by atoms with van der Waals surface area (Å²) >= 11 is 15.2. The molecule has 1 amide bonds. The Labute approximate surface area is 174 Å². The molecule has 0 aliphatic carbocycles. The number of piperazine rings is 1. The van der Waals surface area contributed by atoms with Crippen LogP contribution >= 0.6 is 39.1 Å². The average Bonchev–Trinajstić information content (AvgIpc) is 2.61. The number of rotatable bonds is 3. The Morgan fingerprint density at radius 2 is 1.63 bits per heavy atom. The Balaban J connectivity index is 1.76. The van der Waals surface area contributed by atoms with Crippen LogP contribution in [0.1, 0.15) is 10.4 Å². The topological polar surface area (TPSA) is 57.7 Å². The van der Waals surface area contributed by atoms with E-state index in [9.17, 15) is 17.6 Å². The van der Waals surface area contributed by atoms with Crippen LogP contribution in [-0.2, 0) is 10.0 Å². The van der Waals surface area contributed by atoms with E-state index in [1.54, 1.807) is 6.07 Å². The van der Waals surface area contributed by atoms with E-state index < -0.39 is 15.8 Å². The van der Waals surface area contributed by atoms with Crippen molar-refractivity contribution in [2.24, 2.45) is 0 Å². The normalized spacial score (nSPS) is 15.8. The van der Waals surface area contributed by atoms with Gasteiger partial charge in [0.05, 0.1) is 15.6 Å². The van der Waals surface area contributed by atoms with E-state index in [2.05, 4.69) is 15.9 Å². The number of amides is 1. The first-order chi connectivity index (χ1) is 12.7.